The van der Waals surface area contributed by atoms with Crippen LogP contribution in [0.15, 0.2) is 128 Å². The van der Waals surface area contributed by atoms with Crippen molar-refractivity contribution >= 4 is 81.3 Å². The third-order valence-electron chi connectivity index (χ3n) is 8.93. The van der Waals surface area contributed by atoms with Gasteiger partial charge in [0, 0.05) is 18.2 Å². The number of ether oxygens (including phenoxy) is 2. The van der Waals surface area contributed by atoms with Crippen LogP contribution in [-0.2, 0) is 39.9 Å². The molecule has 0 aromatic heterocycles. The van der Waals surface area contributed by atoms with Gasteiger partial charge in [-0.25, -0.2) is 0 Å². The molecule has 0 radical (unpaired) electrons. The predicted molar refractivity (Wildman–Crippen MR) is 234 cm³/mol. The fourth-order valence-corrected chi connectivity index (χ4v) is 7.55. The Hall–Kier alpha value is -7.05. The number of aliphatic hydroxyl groups is 3. The molecule has 0 heterocycles. The maximum Gasteiger partial charge on any atom is 0.296 e. The smallest absolute Gasteiger partial charge is 0.296 e. The van der Waals surface area contributed by atoms with Crippen LogP contribution in [0.2, 0.25) is 0 Å². The number of benzene rings is 4. The molecule has 4 aromatic rings. The van der Waals surface area contributed by atoms with Gasteiger partial charge in [-0.2, -0.15) is 30.4 Å². The van der Waals surface area contributed by atoms with Crippen molar-refractivity contribution in [3.63, 3.8) is 0 Å². The SMILES string of the molecule is CC/C(C)=C\C(=O)/C(C(N)=O)=C(C)\C(N=Nc1ccc(N=Nc2cc(OCCO)c(N=Nc3c(S(=O)(=O)O)cc4cc(S(=O)(=O)O)cc(O)c4c3O)cc2OCCO)c(S(=O)(=O)O)c1)=C(/C)O. The van der Waals surface area contributed by atoms with Crippen LogP contribution in [0.3, 0.4) is 0 Å². The summed E-state index contributed by atoms with van der Waals surface area (Å²) >= 11 is 0. The molecule has 0 fully saturated rings. The van der Waals surface area contributed by atoms with E-state index in [1.165, 1.54) is 19.9 Å². The van der Waals surface area contributed by atoms with Crippen molar-refractivity contribution in [3.05, 3.63) is 82.8 Å². The highest BCUT2D eigenvalue weighted by Gasteiger charge is 2.26. The first-order valence-electron chi connectivity index (χ1n) is 18.9. The van der Waals surface area contributed by atoms with Crippen LogP contribution in [0.4, 0.5) is 28.4 Å². The molecule has 0 spiro atoms. The third kappa shape index (κ3) is 13.1. The summed E-state index contributed by atoms with van der Waals surface area (Å²) in [6.07, 6.45) is 1.67. The van der Waals surface area contributed by atoms with Crippen molar-refractivity contribution in [2.45, 2.75) is 48.8 Å². The number of rotatable bonds is 20. The lowest BCUT2D eigenvalue weighted by atomic mass is 9.99. The highest BCUT2D eigenvalue weighted by Crippen LogP contribution is 2.47. The number of nitrogens with zero attached hydrogens (tertiary/aromatic N) is 6. The lowest BCUT2D eigenvalue weighted by Gasteiger charge is -2.13. The Bertz CT molecular complexity index is 3180. The number of allylic oxidation sites excluding steroid dienone is 4. The van der Waals surface area contributed by atoms with Crippen molar-refractivity contribution in [1.82, 2.24) is 0 Å². The van der Waals surface area contributed by atoms with Gasteiger partial charge in [0.2, 0.25) is 0 Å². The van der Waals surface area contributed by atoms with Crippen molar-refractivity contribution in [2.75, 3.05) is 26.4 Å². The van der Waals surface area contributed by atoms with E-state index < -0.39 is 128 Å². The van der Waals surface area contributed by atoms with Gasteiger partial charge in [-0.15, -0.1) is 25.6 Å². The zero-order valence-electron chi connectivity index (χ0n) is 35.4. The van der Waals surface area contributed by atoms with E-state index in [1.54, 1.807) is 13.8 Å². The molecule has 28 heteroatoms. The van der Waals surface area contributed by atoms with Crippen LogP contribution in [0, 0.1) is 0 Å². The van der Waals surface area contributed by atoms with Gasteiger partial charge in [0.25, 0.3) is 36.3 Å². The Kier molecular flexibility index (Phi) is 16.9. The number of fused-ring (bicyclic) bond motifs is 1. The largest absolute Gasteiger partial charge is 0.510 e. The first-order valence-corrected chi connectivity index (χ1v) is 23.2. The number of primary amides is 1. The lowest BCUT2D eigenvalue weighted by Crippen LogP contribution is -2.22. The van der Waals surface area contributed by atoms with Gasteiger partial charge in [-0.3, -0.25) is 23.2 Å². The Morgan fingerprint density at radius 2 is 1.27 bits per heavy atom. The van der Waals surface area contributed by atoms with Gasteiger partial charge in [-0.1, -0.05) is 12.5 Å². The average molecular weight is 992 g/mol. The molecular weight excluding hydrogens is 951 g/mol. The molecule has 25 nitrogen and oxygen atoms in total. The van der Waals surface area contributed by atoms with E-state index in [4.69, 9.17) is 15.2 Å². The number of azo groups is 3. The highest BCUT2D eigenvalue weighted by atomic mass is 32.2. The maximum atomic E-state index is 12.9. The summed E-state index contributed by atoms with van der Waals surface area (Å²) in [6.45, 7) is 3.85. The molecule has 0 aliphatic heterocycles. The van der Waals surface area contributed by atoms with Gasteiger partial charge in [-0.05, 0) is 74.6 Å². The average Bonchev–Trinajstić information content (AvgIpc) is 3.22. The van der Waals surface area contributed by atoms with Crippen LogP contribution in [0.1, 0.15) is 34.1 Å². The van der Waals surface area contributed by atoms with E-state index in [0.29, 0.717) is 30.2 Å². The molecule has 0 saturated heterocycles. The molecule has 0 unspecified atom stereocenters. The molecule has 0 aliphatic rings. The molecule has 358 valence electrons. The lowest BCUT2D eigenvalue weighted by molar-refractivity contribution is -0.118. The summed E-state index contributed by atoms with van der Waals surface area (Å²) in [5.74, 6) is -5.13. The summed E-state index contributed by atoms with van der Waals surface area (Å²) < 4.78 is 114. The molecule has 0 atom stereocenters. The first kappa shape index (κ1) is 52.6. The van der Waals surface area contributed by atoms with E-state index in [-0.39, 0.29) is 39.8 Å². The van der Waals surface area contributed by atoms with Crippen molar-refractivity contribution in [1.29, 1.82) is 0 Å². The Labute approximate surface area is 380 Å². The third-order valence-corrected chi connectivity index (χ3v) is 11.5. The van der Waals surface area contributed by atoms with Gasteiger partial charge in [0.15, 0.2) is 11.5 Å². The normalized spacial score (nSPS) is 13.7. The van der Waals surface area contributed by atoms with Crippen molar-refractivity contribution in [2.24, 2.45) is 36.4 Å². The van der Waals surface area contributed by atoms with E-state index in [2.05, 4.69) is 30.7 Å². The summed E-state index contributed by atoms with van der Waals surface area (Å²) in [7, 11) is -15.4. The minimum absolute atomic E-state index is 0.162. The number of phenols is 2. The van der Waals surface area contributed by atoms with Crippen molar-refractivity contribution < 1.29 is 83.5 Å². The van der Waals surface area contributed by atoms with E-state index in [1.807, 2.05) is 0 Å². The Balaban J connectivity index is 1.86. The Morgan fingerprint density at radius 3 is 1.76 bits per heavy atom. The van der Waals surface area contributed by atoms with Crippen LogP contribution in [0.25, 0.3) is 10.8 Å². The number of nitrogens with two attached hydrogens (primary N) is 1. The summed E-state index contributed by atoms with van der Waals surface area (Å²) in [6, 6.07) is 6.91. The molecule has 67 heavy (non-hydrogen) atoms. The standard InChI is InChI=1S/C39H41N7O18S3/c1-5-19(2)12-28(50)34(39(40)53)20(3)36(21(4)49)45-41-23-6-7-25(32(15-23)66(57,58)59)42-43-26-17-31(64-11-9-48)27(18-30(26)63-10-8-47)44-46-37-33(67(60,61)62)14-22-13-24(65(54,55)56)16-29(51)35(22)38(37)52/h6-7,12-18,47-49,51-52H,5,8-11H2,1-4H3,(H2,40,53)(H,54,55,56)(H,57,58,59)(H,60,61,62)/b19-12-,34-20+,36-21-,43-42?,45-41?,46-44?. The molecular formula is C39H41N7O18S3. The molecule has 10 N–H and O–H groups in total. The second kappa shape index (κ2) is 21.5. The number of ketones is 1. The summed E-state index contributed by atoms with van der Waals surface area (Å²) in [5.41, 5.74) is 2.61. The first-order chi connectivity index (χ1) is 31.2. The molecule has 0 bridgehead atoms. The van der Waals surface area contributed by atoms with E-state index in [9.17, 15) is 74.0 Å². The minimum Gasteiger partial charge on any atom is -0.510 e. The minimum atomic E-state index is -5.31. The van der Waals surface area contributed by atoms with Crippen LogP contribution in [0.5, 0.6) is 23.0 Å². The maximum absolute atomic E-state index is 12.9. The predicted octanol–water partition coefficient (Wildman–Crippen LogP) is 6.16. The topological polar surface area (TPSA) is 417 Å². The fraction of sp³-hybridized carbons (Fsp3) is 0.231. The van der Waals surface area contributed by atoms with Gasteiger partial charge in [0.1, 0.15) is 74.5 Å². The van der Waals surface area contributed by atoms with Gasteiger partial charge in [0.05, 0.1) is 34.8 Å². The molecule has 0 saturated carbocycles. The van der Waals surface area contributed by atoms with Gasteiger partial charge >= 0.3 is 0 Å². The zero-order chi connectivity index (χ0) is 50.2. The number of amides is 1. The summed E-state index contributed by atoms with van der Waals surface area (Å²) in [4.78, 5) is 22.3. The number of phenolic OH excluding ortho intramolecular Hbond substituents is 2. The highest BCUT2D eigenvalue weighted by molar-refractivity contribution is 7.86. The zero-order valence-corrected chi connectivity index (χ0v) is 37.8. The van der Waals surface area contributed by atoms with Gasteiger partial charge < -0.3 is 40.7 Å². The molecule has 4 rings (SSSR count). The quantitative estimate of drug-likeness (QED) is 0.00909. The number of aliphatic hydroxyl groups excluding tert-OH is 3. The molecule has 1 amide bonds. The Morgan fingerprint density at radius 1 is 0.716 bits per heavy atom. The number of hydrogen-bond acceptors (Lipinski definition) is 21. The van der Waals surface area contributed by atoms with Crippen molar-refractivity contribution in [3.8, 4) is 23.0 Å². The second-order valence-corrected chi connectivity index (χ2v) is 17.9. The fourth-order valence-electron chi connectivity index (χ4n) is 5.72. The monoisotopic (exact) mass is 991 g/mol. The number of hydrogen-bond donors (Lipinski definition) is 9. The van der Waals surface area contributed by atoms with Crippen LogP contribution >= 0.6 is 0 Å². The van der Waals surface area contributed by atoms with E-state index in [0.717, 1.165) is 30.3 Å². The number of carbonyl (C=O) groups excluding carboxylic acids is 2. The molecule has 4 aromatic carbocycles. The van der Waals surface area contributed by atoms with Crippen LogP contribution in [-0.4, -0.2) is 103 Å². The van der Waals surface area contributed by atoms with E-state index >= 15 is 0 Å². The van der Waals surface area contributed by atoms with Crippen LogP contribution < -0.4 is 15.2 Å². The number of aromatic hydroxyl groups is 2. The number of carbonyl (C=O) groups is 2. The summed E-state index contributed by atoms with van der Waals surface area (Å²) in [5, 5.41) is 73.3. The second-order valence-electron chi connectivity index (χ2n) is 13.7. The molecule has 0 aliphatic carbocycles.